The van der Waals surface area contributed by atoms with Crippen LogP contribution in [0, 0.1) is 0 Å². The molecule has 0 aliphatic rings. The van der Waals surface area contributed by atoms with Crippen molar-refractivity contribution >= 4 is 29.2 Å². The lowest BCUT2D eigenvalue weighted by Gasteiger charge is -2.22. The van der Waals surface area contributed by atoms with E-state index in [9.17, 15) is 9.59 Å². The number of carbonyl (C=O) groups is 2. The number of methoxy groups -OCH3 is 1. The Labute approximate surface area is 135 Å². The lowest BCUT2D eigenvalue weighted by Crippen LogP contribution is -2.42. The van der Waals surface area contributed by atoms with Crippen LogP contribution in [0.2, 0.25) is 0 Å². The molecule has 0 saturated heterocycles. The largest absolute Gasteiger partial charge is 0.465 e. The van der Waals surface area contributed by atoms with Gasteiger partial charge in [0, 0.05) is 18.7 Å². The van der Waals surface area contributed by atoms with Gasteiger partial charge in [0.1, 0.15) is 0 Å². The first-order chi connectivity index (χ1) is 10.5. The molecular formula is C16H18N2O3S. The molecule has 0 heterocycles. The van der Waals surface area contributed by atoms with Crippen molar-refractivity contribution in [1.82, 2.24) is 10.2 Å². The monoisotopic (exact) mass is 318 g/mol. The normalized spacial score (nSPS) is 9.50. The first-order valence-corrected chi connectivity index (χ1v) is 6.94. The van der Waals surface area contributed by atoms with E-state index in [0.29, 0.717) is 24.2 Å². The van der Waals surface area contributed by atoms with Crippen LogP contribution >= 0.6 is 12.2 Å². The number of ether oxygens (including phenoxy) is 1. The number of thiocarbonyl (C=S) groups is 1. The summed E-state index contributed by atoms with van der Waals surface area (Å²) in [5, 5.41) is 2.89. The van der Waals surface area contributed by atoms with Crippen molar-refractivity contribution < 1.29 is 14.3 Å². The van der Waals surface area contributed by atoms with Crippen LogP contribution in [0.15, 0.2) is 49.6 Å². The molecule has 22 heavy (non-hydrogen) atoms. The summed E-state index contributed by atoms with van der Waals surface area (Å²) >= 11 is 5.20. The molecule has 1 N–H and O–H groups in total. The van der Waals surface area contributed by atoms with Gasteiger partial charge < -0.3 is 9.64 Å². The number of carbonyl (C=O) groups excluding carboxylic acids is 2. The second-order valence-electron chi connectivity index (χ2n) is 4.31. The Morgan fingerprint density at radius 3 is 2.41 bits per heavy atom. The maximum Gasteiger partial charge on any atom is 0.337 e. The summed E-state index contributed by atoms with van der Waals surface area (Å²) in [6.45, 7) is 8.27. The number of nitrogens with one attached hydrogen (secondary N) is 1. The molecule has 0 aliphatic heterocycles. The van der Waals surface area contributed by atoms with E-state index in [2.05, 4.69) is 23.2 Å². The Morgan fingerprint density at radius 1 is 1.27 bits per heavy atom. The zero-order valence-corrected chi connectivity index (χ0v) is 13.2. The Morgan fingerprint density at radius 2 is 1.86 bits per heavy atom. The van der Waals surface area contributed by atoms with E-state index in [1.807, 2.05) is 0 Å². The molecule has 0 aliphatic carbocycles. The quantitative estimate of drug-likeness (QED) is 0.495. The fourth-order valence-corrected chi connectivity index (χ4v) is 1.95. The SMILES string of the molecule is C=CCN(CC=C)C(=S)NC(=O)c1cccc(C(=O)OC)c1. The van der Waals surface area contributed by atoms with Gasteiger partial charge in [-0.3, -0.25) is 10.1 Å². The van der Waals surface area contributed by atoms with Crippen LogP contribution in [0.4, 0.5) is 0 Å². The molecule has 1 aromatic carbocycles. The molecule has 0 radical (unpaired) electrons. The van der Waals surface area contributed by atoms with Gasteiger partial charge in [-0.2, -0.15) is 0 Å². The first-order valence-electron chi connectivity index (χ1n) is 6.54. The molecule has 0 bridgehead atoms. The second-order valence-corrected chi connectivity index (χ2v) is 4.70. The van der Waals surface area contributed by atoms with Crippen LogP contribution in [-0.4, -0.2) is 42.1 Å². The molecule has 0 atom stereocenters. The van der Waals surface area contributed by atoms with Crippen LogP contribution in [0.1, 0.15) is 20.7 Å². The van der Waals surface area contributed by atoms with E-state index in [4.69, 9.17) is 12.2 Å². The van der Waals surface area contributed by atoms with Crippen LogP contribution < -0.4 is 5.32 Å². The third kappa shape index (κ3) is 4.82. The second kappa shape index (κ2) is 8.74. The Balaban J connectivity index is 2.83. The highest BCUT2D eigenvalue weighted by atomic mass is 32.1. The molecule has 0 spiro atoms. The van der Waals surface area contributed by atoms with Crippen molar-refractivity contribution in [3.05, 3.63) is 60.7 Å². The number of benzene rings is 1. The third-order valence-electron chi connectivity index (χ3n) is 2.75. The van der Waals surface area contributed by atoms with Gasteiger partial charge in [0.15, 0.2) is 5.11 Å². The molecular weight excluding hydrogens is 300 g/mol. The molecule has 0 unspecified atom stereocenters. The summed E-state index contributed by atoms with van der Waals surface area (Å²) in [5.74, 6) is -0.897. The lowest BCUT2D eigenvalue weighted by molar-refractivity contribution is 0.0600. The molecule has 6 heteroatoms. The summed E-state index contributed by atoms with van der Waals surface area (Å²) in [7, 11) is 1.28. The lowest BCUT2D eigenvalue weighted by atomic mass is 10.1. The van der Waals surface area contributed by atoms with E-state index in [0.717, 1.165) is 0 Å². The number of nitrogens with zero attached hydrogens (tertiary/aromatic N) is 1. The predicted molar refractivity (Wildman–Crippen MR) is 89.8 cm³/mol. The van der Waals surface area contributed by atoms with Crippen molar-refractivity contribution in [1.29, 1.82) is 0 Å². The van der Waals surface area contributed by atoms with Gasteiger partial charge in [0.25, 0.3) is 5.91 Å². The average molecular weight is 318 g/mol. The van der Waals surface area contributed by atoms with E-state index >= 15 is 0 Å². The molecule has 0 saturated carbocycles. The zero-order valence-electron chi connectivity index (χ0n) is 12.4. The maximum atomic E-state index is 12.2. The van der Waals surface area contributed by atoms with Crippen LogP contribution in [-0.2, 0) is 4.74 Å². The summed E-state index contributed by atoms with van der Waals surface area (Å²) in [6, 6.07) is 6.23. The smallest absolute Gasteiger partial charge is 0.337 e. The summed E-state index contributed by atoms with van der Waals surface area (Å²) in [5.41, 5.74) is 0.623. The van der Waals surface area contributed by atoms with Gasteiger partial charge in [-0.25, -0.2) is 4.79 Å². The number of esters is 1. The topological polar surface area (TPSA) is 58.6 Å². The van der Waals surface area contributed by atoms with Crippen LogP contribution in [0.25, 0.3) is 0 Å². The van der Waals surface area contributed by atoms with Gasteiger partial charge >= 0.3 is 5.97 Å². The Kier molecular flexibility index (Phi) is 6.98. The first kappa shape index (κ1) is 17.6. The molecule has 1 rings (SSSR count). The average Bonchev–Trinajstić information content (AvgIpc) is 2.53. The molecule has 0 fully saturated rings. The minimum Gasteiger partial charge on any atom is -0.465 e. The minimum atomic E-state index is -0.503. The van der Waals surface area contributed by atoms with Crippen molar-refractivity contribution in [2.24, 2.45) is 0 Å². The van der Waals surface area contributed by atoms with E-state index < -0.39 is 11.9 Å². The van der Waals surface area contributed by atoms with E-state index in [1.54, 1.807) is 35.3 Å². The predicted octanol–water partition coefficient (Wildman–Crippen LogP) is 2.16. The van der Waals surface area contributed by atoms with E-state index in [-0.39, 0.29) is 5.11 Å². The van der Waals surface area contributed by atoms with Crippen molar-refractivity contribution in [3.63, 3.8) is 0 Å². The number of rotatable bonds is 6. The van der Waals surface area contributed by atoms with Crippen LogP contribution in [0.5, 0.6) is 0 Å². The Bertz CT molecular complexity index is 589. The minimum absolute atomic E-state index is 0.272. The standard InChI is InChI=1S/C16H18N2O3S/c1-4-9-18(10-5-2)16(22)17-14(19)12-7-6-8-13(11-12)15(20)21-3/h4-8,11H,1-2,9-10H2,3H3,(H,17,19,22). The van der Waals surface area contributed by atoms with Gasteiger partial charge in [-0.15, -0.1) is 13.2 Å². The van der Waals surface area contributed by atoms with Crippen LogP contribution in [0.3, 0.4) is 0 Å². The highest BCUT2D eigenvalue weighted by Crippen LogP contribution is 2.07. The third-order valence-corrected chi connectivity index (χ3v) is 3.11. The molecule has 1 aromatic rings. The van der Waals surface area contributed by atoms with Crippen molar-refractivity contribution in [3.8, 4) is 0 Å². The summed E-state index contributed by atoms with van der Waals surface area (Å²) in [4.78, 5) is 25.4. The zero-order chi connectivity index (χ0) is 16.5. The molecule has 116 valence electrons. The number of amides is 1. The highest BCUT2D eigenvalue weighted by Gasteiger charge is 2.14. The summed E-state index contributed by atoms with van der Waals surface area (Å²) in [6.07, 6.45) is 3.36. The van der Waals surface area contributed by atoms with Gasteiger partial charge in [-0.1, -0.05) is 18.2 Å². The fraction of sp³-hybridized carbons (Fsp3) is 0.188. The number of hydrogen-bond donors (Lipinski definition) is 1. The Hall–Kier alpha value is -2.47. The fourth-order valence-electron chi connectivity index (χ4n) is 1.71. The van der Waals surface area contributed by atoms with Crippen molar-refractivity contribution in [2.45, 2.75) is 0 Å². The van der Waals surface area contributed by atoms with Gasteiger partial charge in [0.2, 0.25) is 0 Å². The molecule has 5 nitrogen and oxygen atoms in total. The molecule has 1 amide bonds. The van der Waals surface area contributed by atoms with Gasteiger partial charge in [0.05, 0.1) is 12.7 Å². The van der Waals surface area contributed by atoms with E-state index in [1.165, 1.54) is 13.2 Å². The maximum absolute atomic E-state index is 12.2. The van der Waals surface area contributed by atoms with Crippen molar-refractivity contribution in [2.75, 3.05) is 20.2 Å². The summed E-state index contributed by atoms with van der Waals surface area (Å²) < 4.78 is 4.63. The van der Waals surface area contributed by atoms with Gasteiger partial charge in [-0.05, 0) is 30.4 Å². The number of hydrogen-bond acceptors (Lipinski definition) is 4. The molecule has 0 aromatic heterocycles. The highest BCUT2D eigenvalue weighted by molar-refractivity contribution is 7.80.